The Kier molecular flexibility index (Phi) is 6.14. The topological polar surface area (TPSA) is 115 Å². The van der Waals surface area contributed by atoms with Crippen LogP contribution in [-0.4, -0.2) is 57.3 Å². The molecule has 0 radical (unpaired) electrons. The van der Waals surface area contributed by atoms with Gasteiger partial charge in [0.25, 0.3) is 0 Å². The number of benzene rings is 1. The average molecular weight is 349 g/mol. The molecule has 1 aliphatic rings. The van der Waals surface area contributed by atoms with E-state index in [-0.39, 0.29) is 51.1 Å². The molecule has 0 saturated carbocycles. The van der Waals surface area contributed by atoms with Crippen LogP contribution < -0.4 is 0 Å². The zero-order chi connectivity index (χ0) is 18.4. The highest BCUT2D eigenvalue weighted by Crippen LogP contribution is 2.36. The Morgan fingerprint density at radius 3 is 2.36 bits per heavy atom. The normalized spacial score (nSPS) is 23.2. The van der Waals surface area contributed by atoms with Gasteiger partial charge in [-0.1, -0.05) is 30.3 Å². The number of aliphatic carboxylic acids is 2. The number of piperidine rings is 1. The SMILES string of the molecule is O=C(O)CCCC(=O)N1CC[C@](Cc2ccccc2)(C(=O)O)[C@H](O)C1. The van der Waals surface area contributed by atoms with Gasteiger partial charge in [0.15, 0.2) is 0 Å². The number of carboxylic acid groups (broad SMARTS) is 2. The van der Waals surface area contributed by atoms with Crippen molar-refractivity contribution in [3.05, 3.63) is 35.9 Å². The molecule has 1 aromatic carbocycles. The Morgan fingerprint density at radius 2 is 1.80 bits per heavy atom. The highest BCUT2D eigenvalue weighted by Gasteiger charge is 2.49. The van der Waals surface area contributed by atoms with Crippen molar-refractivity contribution >= 4 is 17.8 Å². The first kappa shape index (κ1) is 18.9. The van der Waals surface area contributed by atoms with Gasteiger partial charge in [-0.15, -0.1) is 0 Å². The quantitative estimate of drug-likeness (QED) is 0.680. The lowest BCUT2D eigenvalue weighted by Gasteiger charge is -2.43. The summed E-state index contributed by atoms with van der Waals surface area (Å²) in [5.74, 6) is -2.28. The number of carboxylic acids is 2. The maximum atomic E-state index is 12.1. The molecule has 1 heterocycles. The van der Waals surface area contributed by atoms with Gasteiger partial charge < -0.3 is 20.2 Å². The smallest absolute Gasteiger partial charge is 0.312 e. The number of rotatable bonds is 7. The fourth-order valence-corrected chi connectivity index (χ4v) is 3.24. The van der Waals surface area contributed by atoms with E-state index >= 15 is 0 Å². The first-order chi connectivity index (χ1) is 11.8. The molecule has 2 rings (SSSR count). The Hall–Kier alpha value is -2.41. The van der Waals surface area contributed by atoms with Crippen LogP contribution in [0.5, 0.6) is 0 Å². The number of β-amino-alcohol motifs (C(OH)–C–C–N with tert-alkyl or cyclic N) is 1. The lowest BCUT2D eigenvalue weighted by molar-refractivity contribution is -0.166. The molecular formula is C18H23NO6. The summed E-state index contributed by atoms with van der Waals surface area (Å²) in [6.07, 6.45) is -0.599. The number of amides is 1. The number of hydrogen-bond donors (Lipinski definition) is 3. The van der Waals surface area contributed by atoms with E-state index in [1.807, 2.05) is 30.3 Å². The molecule has 25 heavy (non-hydrogen) atoms. The third kappa shape index (κ3) is 4.57. The fourth-order valence-electron chi connectivity index (χ4n) is 3.24. The third-order valence-electron chi connectivity index (χ3n) is 4.78. The van der Waals surface area contributed by atoms with Gasteiger partial charge in [-0.3, -0.25) is 14.4 Å². The summed E-state index contributed by atoms with van der Waals surface area (Å²) in [7, 11) is 0. The zero-order valence-electron chi connectivity index (χ0n) is 13.9. The molecule has 1 aliphatic heterocycles. The number of carbonyl (C=O) groups excluding carboxylic acids is 1. The van der Waals surface area contributed by atoms with E-state index in [0.29, 0.717) is 0 Å². The van der Waals surface area contributed by atoms with Gasteiger partial charge in [0, 0.05) is 25.9 Å². The summed E-state index contributed by atoms with van der Waals surface area (Å²) in [6, 6.07) is 9.12. The van der Waals surface area contributed by atoms with E-state index in [2.05, 4.69) is 0 Å². The summed E-state index contributed by atoms with van der Waals surface area (Å²) in [5.41, 5.74) is -0.496. The molecule has 1 amide bonds. The molecule has 7 nitrogen and oxygen atoms in total. The van der Waals surface area contributed by atoms with Crippen molar-refractivity contribution in [3.63, 3.8) is 0 Å². The second-order valence-corrected chi connectivity index (χ2v) is 6.48. The fraction of sp³-hybridized carbons (Fsp3) is 0.500. The molecule has 0 aromatic heterocycles. The molecule has 1 aromatic rings. The summed E-state index contributed by atoms with van der Waals surface area (Å²) < 4.78 is 0. The van der Waals surface area contributed by atoms with E-state index in [1.54, 1.807) is 0 Å². The average Bonchev–Trinajstić information content (AvgIpc) is 2.57. The predicted octanol–water partition coefficient (Wildman–Crippen LogP) is 1.15. The minimum atomic E-state index is -1.32. The largest absolute Gasteiger partial charge is 0.481 e. The molecule has 3 N–H and O–H groups in total. The van der Waals surface area contributed by atoms with Gasteiger partial charge in [0.05, 0.1) is 6.10 Å². The van der Waals surface area contributed by atoms with Crippen LogP contribution in [0.15, 0.2) is 30.3 Å². The van der Waals surface area contributed by atoms with Gasteiger partial charge >= 0.3 is 11.9 Å². The van der Waals surface area contributed by atoms with Crippen LogP contribution in [0.1, 0.15) is 31.2 Å². The van der Waals surface area contributed by atoms with E-state index in [1.165, 1.54) is 4.90 Å². The predicted molar refractivity (Wildman–Crippen MR) is 88.9 cm³/mol. The monoisotopic (exact) mass is 349 g/mol. The van der Waals surface area contributed by atoms with E-state index in [0.717, 1.165) is 5.56 Å². The van der Waals surface area contributed by atoms with Crippen LogP contribution in [0.3, 0.4) is 0 Å². The number of carbonyl (C=O) groups is 3. The molecule has 1 saturated heterocycles. The Labute approximate surface area is 145 Å². The molecular weight excluding hydrogens is 326 g/mol. The molecule has 0 unspecified atom stereocenters. The zero-order valence-corrected chi connectivity index (χ0v) is 13.9. The van der Waals surface area contributed by atoms with Crippen LogP contribution in [0.4, 0.5) is 0 Å². The van der Waals surface area contributed by atoms with Crippen molar-refractivity contribution in [3.8, 4) is 0 Å². The number of nitrogens with zero attached hydrogens (tertiary/aromatic N) is 1. The standard InChI is InChI=1S/C18H23NO6/c20-14-12-19(15(21)7-4-8-16(22)23)10-9-18(14,17(24)25)11-13-5-2-1-3-6-13/h1-3,5-6,14,20H,4,7-12H2,(H,22,23)(H,24,25)/t14-,18-/m1/s1. The van der Waals surface area contributed by atoms with E-state index < -0.39 is 23.5 Å². The van der Waals surface area contributed by atoms with Crippen LogP contribution in [-0.2, 0) is 20.8 Å². The second-order valence-electron chi connectivity index (χ2n) is 6.48. The first-order valence-corrected chi connectivity index (χ1v) is 8.30. The van der Waals surface area contributed by atoms with Gasteiger partial charge in [-0.05, 0) is 24.8 Å². The Balaban J connectivity index is 2.03. The number of aliphatic hydroxyl groups is 1. The number of aliphatic hydroxyl groups excluding tert-OH is 1. The van der Waals surface area contributed by atoms with Crippen molar-refractivity contribution in [2.24, 2.45) is 5.41 Å². The number of likely N-dealkylation sites (tertiary alicyclic amines) is 1. The summed E-state index contributed by atoms with van der Waals surface area (Å²) in [6.45, 7) is 0.188. The molecule has 1 fully saturated rings. The van der Waals surface area contributed by atoms with Gasteiger partial charge in [-0.25, -0.2) is 0 Å². The number of hydrogen-bond acceptors (Lipinski definition) is 4. The van der Waals surface area contributed by atoms with Crippen LogP contribution >= 0.6 is 0 Å². The minimum Gasteiger partial charge on any atom is -0.481 e. The molecule has 2 atom stereocenters. The highest BCUT2D eigenvalue weighted by atomic mass is 16.4. The molecule has 0 aliphatic carbocycles. The summed E-state index contributed by atoms with van der Waals surface area (Å²) >= 11 is 0. The maximum Gasteiger partial charge on any atom is 0.312 e. The van der Waals surface area contributed by atoms with Crippen LogP contribution in [0.25, 0.3) is 0 Å². The summed E-state index contributed by atoms with van der Waals surface area (Å²) in [4.78, 5) is 36.0. The van der Waals surface area contributed by atoms with Crippen molar-refractivity contribution in [2.75, 3.05) is 13.1 Å². The van der Waals surface area contributed by atoms with E-state index in [9.17, 15) is 24.6 Å². The van der Waals surface area contributed by atoms with Crippen molar-refractivity contribution < 1.29 is 29.7 Å². The Morgan fingerprint density at radius 1 is 1.12 bits per heavy atom. The van der Waals surface area contributed by atoms with Gasteiger partial charge in [-0.2, -0.15) is 0 Å². The summed E-state index contributed by atoms with van der Waals surface area (Å²) in [5, 5.41) is 28.9. The molecule has 136 valence electrons. The van der Waals surface area contributed by atoms with Crippen LogP contribution in [0.2, 0.25) is 0 Å². The van der Waals surface area contributed by atoms with Crippen molar-refractivity contribution in [1.82, 2.24) is 4.90 Å². The first-order valence-electron chi connectivity index (χ1n) is 8.30. The molecule has 0 spiro atoms. The van der Waals surface area contributed by atoms with Gasteiger partial charge in [0.1, 0.15) is 5.41 Å². The second kappa shape index (κ2) is 8.11. The van der Waals surface area contributed by atoms with E-state index in [4.69, 9.17) is 5.11 Å². The minimum absolute atomic E-state index is 0.0506. The lowest BCUT2D eigenvalue weighted by atomic mass is 9.71. The van der Waals surface area contributed by atoms with Crippen LogP contribution in [0, 0.1) is 5.41 Å². The van der Waals surface area contributed by atoms with Crippen molar-refractivity contribution in [2.45, 2.75) is 38.2 Å². The molecule has 7 heteroatoms. The highest BCUT2D eigenvalue weighted by molar-refractivity contribution is 5.79. The maximum absolute atomic E-state index is 12.1. The Bertz CT molecular complexity index is 632. The third-order valence-corrected chi connectivity index (χ3v) is 4.78. The van der Waals surface area contributed by atoms with Gasteiger partial charge in [0.2, 0.25) is 5.91 Å². The van der Waals surface area contributed by atoms with Crippen molar-refractivity contribution in [1.29, 1.82) is 0 Å². The lowest BCUT2D eigenvalue weighted by Crippen LogP contribution is -2.57. The molecule has 0 bridgehead atoms.